The predicted octanol–water partition coefficient (Wildman–Crippen LogP) is 10.6. The zero-order valence-corrected chi connectivity index (χ0v) is 44.2. The summed E-state index contributed by atoms with van der Waals surface area (Å²) in [5.74, 6) is 0.573. The average Bonchev–Trinajstić information content (AvgIpc) is 3.75. The molecule has 6 aromatic carbocycles. The Bertz CT molecular complexity index is 2380. The molecule has 1 aliphatic rings. The van der Waals surface area contributed by atoms with E-state index in [2.05, 4.69) is 215 Å². The maximum Gasteiger partial charge on any atom is -0.0139 e. The Balaban J connectivity index is 0.000000370. The van der Waals surface area contributed by atoms with E-state index in [1.807, 2.05) is 6.07 Å². The Kier molecular flexibility index (Phi) is 17.5. The van der Waals surface area contributed by atoms with Gasteiger partial charge in [0.2, 0.25) is 0 Å². The van der Waals surface area contributed by atoms with E-state index in [-0.39, 0.29) is 35.6 Å². The minimum atomic E-state index is 0. The van der Waals surface area contributed by atoms with E-state index < -0.39 is 0 Å². The topological polar surface area (TPSA) is 0 Å². The summed E-state index contributed by atoms with van der Waals surface area (Å²) in [5, 5.41) is 5.41. The summed E-state index contributed by atoms with van der Waals surface area (Å²) < 4.78 is 1.46. The molecule has 0 heterocycles. The van der Waals surface area contributed by atoms with Crippen LogP contribution in [0.25, 0.3) is 43.8 Å². The van der Waals surface area contributed by atoms with Crippen LogP contribution in [0, 0.1) is 59.0 Å². The number of fused-ring (bicyclic) bond motifs is 3. The van der Waals surface area contributed by atoms with Crippen molar-refractivity contribution in [2.24, 2.45) is 11.3 Å². The third kappa shape index (κ3) is 12.3. The molecule has 0 nitrogen and oxygen atoms in total. The number of benzene rings is 5. The predicted molar refractivity (Wildman–Crippen MR) is 259 cm³/mol. The van der Waals surface area contributed by atoms with Crippen LogP contribution >= 0.6 is 0 Å². The molecule has 0 amide bonds. The molecule has 0 spiro atoms. The van der Waals surface area contributed by atoms with Gasteiger partial charge in [-0.3, -0.25) is 6.08 Å². The summed E-state index contributed by atoms with van der Waals surface area (Å²) in [4.78, 5) is 0. The number of halogens is 2. The van der Waals surface area contributed by atoms with Crippen molar-refractivity contribution in [2.75, 3.05) is 0 Å². The Hall–Kier alpha value is -3.22. The standard InChI is InChI=1S/C39H45.C11H17.C8H8.2ClH.Zr/c1-22-13-24(3)36(25(4)14-22)32-18-28-17-29-19-33(37-26(5)15-23(2)16-27(37)6)35(39(10,11)12)21-31(29)30(28)20-34(32)38(7,8)9;1-5-9-6-7-10(8-9)11(2,3)4;1-2-8-6-4-3-5-7-8;;;/h13-21H,1-12H3;7-9H,5H2,1-4H3;3-7H,1H3;2*1H;/q2*-1;;;;+2/p-2. The van der Waals surface area contributed by atoms with Crippen LogP contribution < -0.4 is 24.8 Å². The van der Waals surface area contributed by atoms with Crippen molar-refractivity contribution >= 4 is 24.8 Å². The number of hydrogen-bond donors (Lipinski definition) is 0. The number of allylic oxidation sites excluding steroid dienone is 4. The van der Waals surface area contributed by atoms with Crippen LogP contribution in [-0.2, 0) is 35.1 Å². The van der Waals surface area contributed by atoms with E-state index in [0.29, 0.717) is 11.3 Å². The molecule has 61 heavy (non-hydrogen) atoms. The molecule has 7 rings (SSSR count). The second kappa shape index (κ2) is 20.5. The van der Waals surface area contributed by atoms with Crippen LogP contribution in [0.1, 0.15) is 133 Å². The Morgan fingerprint density at radius 3 is 1.26 bits per heavy atom. The second-order valence-corrected chi connectivity index (χ2v) is 22.2. The molecule has 0 saturated carbocycles. The Morgan fingerprint density at radius 2 is 0.984 bits per heavy atom. The summed E-state index contributed by atoms with van der Waals surface area (Å²) in [7, 11) is 0. The van der Waals surface area contributed by atoms with Gasteiger partial charge in [0.05, 0.1) is 0 Å². The zero-order chi connectivity index (χ0) is 43.8. The van der Waals surface area contributed by atoms with Gasteiger partial charge in [0.25, 0.3) is 0 Å². The van der Waals surface area contributed by atoms with Gasteiger partial charge in [-0.05, 0) is 108 Å². The molecule has 322 valence electrons. The van der Waals surface area contributed by atoms with Crippen molar-refractivity contribution in [1.29, 1.82) is 0 Å². The van der Waals surface area contributed by atoms with Crippen LogP contribution in [0.5, 0.6) is 0 Å². The first-order valence-electron chi connectivity index (χ1n) is 21.7. The van der Waals surface area contributed by atoms with E-state index in [1.54, 1.807) is 0 Å². The fourth-order valence-electron chi connectivity index (χ4n) is 8.87. The summed E-state index contributed by atoms with van der Waals surface area (Å²) >= 11 is 1.51. The molecule has 0 saturated heterocycles. The quantitative estimate of drug-likeness (QED) is 0.155. The Labute approximate surface area is 398 Å². The van der Waals surface area contributed by atoms with Crippen molar-refractivity contribution in [2.45, 2.75) is 135 Å². The van der Waals surface area contributed by atoms with Crippen molar-refractivity contribution in [3.63, 3.8) is 0 Å². The van der Waals surface area contributed by atoms with Crippen LogP contribution in [0.3, 0.4) is 0 Å². The Morgan fingerprint density at radius 1 is 0.590 bits per heavy atom. The molecule has 0 N–H and O–H groups in total. The van der Waals surface area contributed by atoms with Gasteiger partial charge in [0.15, 0.2) is 0 Å². The van der Waals surface area contributed by atoms with Gasteiger partial charge in [-0.25, -0.2) is 6.08 Å². The van der Waals surface area contributed by atoms with E-state index in [4.69, 9.17) is 0 Å². The van der Waals surface area contributed by atoms with Crippen LogP contribution in [0.15, 0.2) is 103 Å². The second-order valence-electron chi connectivity index (χ2n) is 20.4. The third-order valence-corrected chi connectivity index (χ3v) is 12.5. The third-order valence-electron chi connectivity index (χ3n) is 11.8. The molecule has 1 aliphatic carbocycles. The van der Waals surface area contributed by atoms with Gasteiger partial charge < -0.3 is 24.8 Å². The minimum absolute atomic E-state index is 0. The summed E-state index contributed by atoms with van der Waals surface area (Å²) in [6.45, 7) is 38.7. The molecule has 0 aliphatic heterocycles. The maximum atomic E-state index is 3.35. The molecule has 0 bridgehead atoms. The largest absolute Gasteiger partial charge is 1.00 e. The zero-order valence-electron chi connectivity index (χ0n) is 40.3. The van der Waals surface area contributed by atoms with Crippen LogP contribution in [0.2, 0.25) is 0 Å². The molecular weight excluding hydrogens is 859 g/mol. The monoisotopic (exact) mass is 926 g/mol. The van der Waals surface area contributed by atoms with Gasteiger partial charge >= 0.3 is 70.3 Å². The normalized spacial score (nSPS) is 13.8. The molecule has 6 aromatic rings. The molecule has 1 unspecified atom stereocenters. The molecule has 0 aromatic heterocycles. The van der Waals surface area contributed by atoms with Gasteiger partial charge in [0, 0.05) is 0 Å². The van der Waals surface area contributed by atoms with Crippen molar-refractivity contribution in [3.8, 4) is 22.3 Å². The van der Waals surface area contributed by atoms with E-state index in [1.165, 1.54) is 133 Å². The molecular formula is C58H70Cl2Zr-2. The maximum absolute atomic E-state index is 3.35. The first kappa shape index (κ1) is 52.1. The summed E-state index contributed by atoms with van der Waals surface area (Å²) in [5.41, 5.74) is 19.6. The van der Waals surface area contributed by atoms with Crippen molar-refractivity contribution < 1.29 is 49.0 Å². The van der Waals surface area contributed by atoms with E-state index >= 15 is 0 Å². The van der Waals surface area contributed by atoms with Gasteiger partial charge in [0.1, 0.15) is 0 Å². The van der Waals surface area contributed by atoms with Gasteiger partial charge in [-0.15, -0.1) is 39.7 Å². The molecule has 1 atom stereocenters. The average molecular weight is 929 g/mol. The number of aryl methyl sites for hydroxylation is 6. The molecule has 0 radical (unpaired) electrons. The number of rotatable bonds is 4. The smallest absolute Gasteiger partial charge is 0.0139 e. The van der Waals surface area contributed by atoms with Crippen LogP contribution in [-0.4, -0.2) is 3.21 Å². The van der Waals surface area contributed by atoms with Gasteiger partial charge in [-0.2, -0.15) is 11.6 Å². The number of hydrogen-bond acceptors (Lipinski definition) is 0. The molecule has 3 heteroatoms. The fraction of sp³-hybridized carbons (Fsp3) is 0.379. The first-order chi connectivity index (χ1) is 27.4. The molecule has 0 fully saturated rings. The van der Waals surface area contributed by atoms with Gasteiger partial charge in [-0.1, -0.05) is 135 Å². The van der Waals surface area contributed by atoms with Crippen molar-refractivity contribution in [3.05, 3.63) is 159 Å². The van der Waals surface area contributed by atoms with E-state index in [9.17, 15) is 0 Å². The van der Waals surface area contributed by atoms with Crippen LogP contribution in [0.4, 0.5) is 0 Å². The summed E-state index contributed by atoms with van der Waals surface area (Å²) in [6, 6.07) is 32.2. The fourth-order valence-corrected chi connectivity index (χ4v) is 9.28. The van der Waals surface area contributed by atoms with E-state index in [0.717, 1.165) is 0 Å². The summed E-state index contributed by atoms with van der Waals surface area (Å²) in [6.07, 6.45) is 9.00. The SMILES string of the molecule is CCC1[C-]=CC(C(C)(C)C)=C1.C[C](=[Zr+2])c1ccccc1.Cc1cc(C)c(-c2cc3[cH-]c4cc(-c5c(C)cc(C)cc5C)c(C(C)(C)C)cc4c3cc2C(C)(C)C)c(C)c1.[Cl-].[Cl-]. The minimum Gasteiger partial charge on any atom is -1.00 e. The first-order valence-corrected chi connectivity index (χ1v) is 22.9. The van der Waals surface area contributed by atoms with Crippen molar-refractivity contribution in [1.82, 2.24) is 0 Å².